The predicted molar refractivity (Wildman–Crippen MR) is 74.0 cm³/mol. The fourth-order valence-corrected chi connectivity index (χ4v) is 1.78. The van der Waals surface area contributed by atoms with E-state index < -0.39 is 18.1 Å². The van der Waals surface area contributed by atoms with Crippen LogP contribution >= 0.6 is 0 Å². The number of ether oxygens (including phenoxy) is 3. The lowest BCUT2D eigenvalue weighted by molar-refractivity contribution is -0.143. The molecule has 0 aromatic heterocycles. The first-order valence-electron chi connectivity index (χ1n) is 6.24. The molecule has 1 rings (SSSR count). The Kier molecular flexibility index (Phi) is 6.27. The number of carbonyl (C=O) groups is 1. The summed E-state index contributed by atoms with van der Waals surface area (Å²) in [5.74, 6) is 0.672. The minimum absolute atomic E-state index is 0.272. The minimum Gasteiger partial charge on any atom is -0.493 e. The number of hydrogen-bond donors (Lipinski definition) is 2. The van der Waals surface area contributed by atoms with Crippen LogP contribution in [0.5, 0.6) is 11.5 Å². The number of hydrogen-bond acceptors (Lipinski definition) is 6. The molecular formula is C14H21NO5. The van der Waals surface area contributed by atoms with Crippen molar-refractivity contribution in [2.45, 2.75) is 19.1 Å². The van der Waals surface area contributed by atoms with E-state index in [9.17, 15) is 9.90 Å². The summed E-state index contributed by atoms with van der Waals surface area (Å²) in [4.78, 5) is 11.8. The van der Waals surface area contributed by atoms with Crippen molar-refractivity contribution in [3.63, 3.8) is 0 Å². The summed E-state index contributed by atoms with van der Waals surface area (Å²) in [5, 5.41) is 12.3. The van der Waals surface area contributed by atoms with Gasteiger partial charge in [-0.2, -0.15) is 0 Å². The van der Waals surface area contributed by atoms with E-state index in [1.165, 1.54) is 14.2 Å². The van der Waals surface area contributed by atoms with E-state index in [2.05, 4.69) is 5.32 Å². The van der Waals surface area contributed by atoms with Crippen molar-refractivity contribution in [3.05, 3.63) is 23.8 Å². The van der Waals surface area contributed by atoms with E-state index in [-0.39, 0.29) is 6.54 Å². The van der Waals surface area contributed by atoms with Crippen LogP contribution in [-0.4, -0.2) is 45.1 Å². The van der Waals surface area contributed by atoms with Crippen molar-refractivity contribution in [2.24, 2.45) is 0 Å². The summed E-state index contributed by atoms with van der Waals surface area (Å²) < 4.78 is 15.1. The summed E-state index contributed by atoms with van der Waals surface area (Å²) >= 11 is 0. The molecule has 0 saturated heterocycles. The Morgan fingerprint density at radius 2 is 1.90 bits per heavy atom. The molecule has 112 valence electrons. The van der Waals surface area contributed by atoms with Crippen LogP contribution in [0.3, 0.4) is 0 Å². The molecule has 0 aliphatic rings. The molecule has 0 saturated carbocycles. The Labute approximate surface area is 118 Å². The number of nitrogens with one attached hydrogen (secondary N) is 1. The van der Waals surface area contributed by atoms with Crippen LogP contribution < -0.4 is 14.8 Å². The van der Waals surface area contributed by atoms with E-state index in [1.807, 2.05) is 0 Å². The summed E-state index contributed by atoms with van der Waals surface area (Å²) in [6.07, 6.45) is -0.567. The Balaban J connectivity index is 3.03. The number of rotatable bonds is 7. The van der Waals surface area contributed by atoms with Gasteiger partial charge in [0.2, 0.25) is 0 Å². The van der Waals surface area contributed by atoms with Crippen molar-refractivity contribution in [2.75, 3.05) is 27.9 Å². The molecule has 6 heteroatoms. The first-order chi connectivity index (χ1) is 9.53. The highest BCUT2D eigenvalue weighted by Gasteiger charge is 2.22. The molecule has 0 fully saturated rings. The molecule has 1 aromatic rings. The monoisotopic (exact) mass is 283 g/mol. The van der Waals surface area contributed by atoms with Gasteiger partial charge in [0.25, 0.3) is 0 Å². The summed E-state index contributed by atoms with van der Waals surface area (Å²) in [5.41, 5.74) is 0.676. The molecule has 0 heterocycles. The average molecular weight is 283 g/mol. The van der Waals surface area contributed by atoms with Crippen LogP contribution in [0.15, 0.2) is 18.2 Å². The molecule has 20 heavy (non-hydrogen) atoms. The van der Waals surface area contributed by atoms with Gasteiger partial charge in [-0.15, -0.1) is 0 Å². The molecule has 0 radical (unpaired) electrons. The number of esters is 1. The Bertz CT molecular complexity index is 447. The van der Waals surface area contributed by atoms with Gasteiger partial charge in [-0.25, -0.2) is 4.79 Å². The lowest BCUT2D eigenvalue weighted by atomic mass is 10.1. The fourth-order valence-electron chi connectivity index (χ4n) is 1.78. The molecule has 2 unspecified atom stereocenters. The van der Waals surface area contributed by atoms with Gasteiger partial charge in [-0.1, -0.05) is 6.07 Å². The van der Waals surface area contributed by atoms with Gasteiger partial charge < -0.3 is 19.3 Å². The second-order valence-electron chi connectivity index (χ2n) is 4.33. The highest BCUT2D eigenvalue weighted by Crippen LogP contribution is 2.30. The summed E-state index contributed by atoms with van der Waals surface area (Å²) in [7, 11) is 4.39. The Morgan fingerprint density at radius 1 is 1.25 bits per heavy atom. The average Bonchev–Trinajstić information content (AvgIpc) is 2.46. The minimum atomic E-state index is -0.672. The van der Waals surface area contributed by atoms with E-state index >= 15 is 0 Å². The molecule has 0 aliphatic carbocycles. The maximum atomic E-state index is 11.8. The first-order valence-corrected chi connectivity index (χ1v) is 6.24. The number of methoxy groups -OCH3 is 3. The van der Waals surface area contributed by atoms with Crippen LogP contribution in [0.2, 0.25) is 0 Å². The fraction of sp³-hybridized carbons (Fsp3) is 0.500. The zero-order valence-electron chi connectivity index (χ0n) is 12.2. The topological polar surface area (TPSA) is 77.0 Å². The van der Waals surface area contributed by atoms with E-state index in [1.54, 1.807) is 32.2 Å². The van der Waals surface area contributed by atoms with Gasteiger partial charge in [0, 0.05) is 6.54 Å². The highest BCUT2D eigenvalue weighted by atomic mass is 16.5. The van der Waals surface area contributed by atoms with Gasteiger partial charge in [-0.3, -0.25) is 5.32 Å². The molecule has 0 amide bonds. The van der Waals surface area contributed by atoms with Gasteiger partial charge in [0.15, 0.2) is 11.5 Å². The van der Waals surface area contributed by atoms with E-state index in [0.717, 1.165) is 0 Å². The van der Waals surface area contributed by atoms with Gasteiger partial charge in [0.1, 0.15) is 6.04 Å². The molecule has 0 aliphatic heterocycles. The number of aliphatic hydroxyl groups is 1. The van der Waals surface area contributed by atoms with Crippen molar-refractivity contribution < 1.29 is 24.1 Å². The zero-order chi connectivity index (χ0) is 15.1. The van der Waals surface area contributed by atoms with Gasteiger partial charge in [0.05, 0.1) is 27.4 Å². The lowest BCUT2D eigenvalue weighted by Crippen LogP contribution is -2.34. The predicted octanol–water partition coefficient (Wildman–Crippen LogP) is 0.888. The van der Waals surface area contributed by atoms with Crippen LogP contribution in [0.25, 0.3) is 0 Å². The third kappa shape index (κ3) is 4.11. The smallest absolute Gasteiger partial charge is 0.327 e. The van der Waals surface area contributed by atoms with Crippen molar-refractivity contribution in [3.8, 4) is 11.5 Å². The van der Waals surface area contributed by atoms with Gasteiger partial charge >= 0.3 is 5.97 Å². The maximum Gasteiger partial charge on any atom is 0.327 e. The largest absolute Gasteiger partial charge is 0.493 e. The number of aliphatic hydroxyl groups excluding tert-OH is 1. The maximum absolute atomic E-state index is 11.8. The van der Waals surface area contributed by atoms with Crippen LogP contribution in [0, 0.1) is 0 Å². The zero-order valence-corrected chi connectivity index (χ0v) is 12.2. The molecule has 2 N–H and O–H groups in total. The second-order valence-corrected chi connectivity index (χ2v) is 4.33. The van der Waals surface area contributed by atoms with Crippen molar-refractivity contribution in [1.82, 2.24) is 5.32 Å². The standard InChI is InChI=1S/C14H21NO5/c1-9(16)8-15-13(14(17)20-4)10-5-6-11(18-2)12(7-10)19-3/h5-7,9,13,15-16H,8H2,1-4H3. The number of benzene rings is 1. The SMILES string of the molecule is COC(=O)C(NCC(C)O)c1ccc(OC)c(OC)c1. The molecule has 6 nitrogen and oxygen atoms in total. The van der Waals surface area contributed by atoms with E-state index in [4.69, 9.17) is 14.2 Å². The normalized spacial score (nSPS) is 13.4. The van der Waals surface area contributed by atoms with Crippen molar-refractivity contribution >= 4 is 5.97 Å². The Morgan fingerprint density at radius 3 is 2.40 bits per heavy atom. The summed E-state index contributed by atoms with van der Waals surface area (Å²) in [6, 6.07) is 4.50. The molecule has 1 aromatic carbocycles. The van der Waals surface area contributed by atoms with Crippen LogP contribution in [-0.2, 0) is 9.53 Å². The molecule has 0 spiro atoms. The Hall–Kier alpha value is -1.79. The molecular weight excluding hydrogens is 262 g/mol. The number of carbonyl (C=O) groups excluding carboxylic acids is 1. The second kappa shape index (κ2) is 7.72. The van der Waals surface area contributed by atoms with Gasteiger partial charge in [-0.05, 0) is 24.6 Å². The third-order valence-electron chi connectivity index (χ3n) is 2.80. The first kappa shape index (κ1) is 16.3. The third-order valence-corrected chi connectivity index (χ3v) is 2.80. The summed E-state index contributed by atoms with van der Waals surface area (Å²) in [6.45, 7) is 1.91. The molecule has 2 atom stereocenters. The van der Waals surface area contributed by atoms with Crippen LogP contribution in [0.1, 0.15) is 18.5 Å². The van der Waals surface area contributed by atoms with Crippen molar-refractivity contribution in [1.29, 1.82) is 0 Å². The van der Waals surface area contributed by atoms with Crippen LogP contribution in [0.4, 0.5) is 0 Å². The molecule has 0 bridgehead atoms. The quantitative estimate of drug-likeness (QED) is 0.724. The highest BCUT2D eigenvalue weighted by molar-refractivity contribution is 5.78. The lowest BCUT2D eigenvalue weighted by Gasteiger charge is -2.19. The van der Waals surface area contributed by atoms with E-state index in [0.29, 0.717) is 17.1 Å².